The van der Waals surface area contributed by atoms with E-state index in [0.717, 1.165) is 38.0 Å². The maximum Gasteiger partial charge on any atom is 0.228 e. The molecule has 1 amide bonds. The molecule has 3 rings (SSSR count). The van der Waals surface area contributed by atoms with Gasteiger partial charge in [-0.3, -0.25) is 4.79 Å². The molecule has 6 heteroatoms. The van der Waals surface area contributed by atoms with E-state index in [9.17, 15) is 4.79 Å². The number of methoxy groups -OCH3 is 1. The second kappa shape index (κ2) is 7.41. The summed E-state index contributed by atoms with van der Waals surface area (Å²) in [6.45, 7) is 4.55. The molecule has 1 heterocycles. The molecule has 2 aliphatic rings. The van der Waals surface area contributed by atoms with Crippen molar-refractivity contribution in [2.24, 2.45) is 11.3 Å². The molecule has 1 aromatic rings. The molecule has 128 valence electrons. The molecule has 1 saturated carbocycles. The van der Waals surface area contributed by atoms with Crippen molar-refractivity contribution in [1.82, 2.24) is 5.32 Å². The molecule has 0 radical (unpaired) electrons. The van der Waals surface area contributed by atoms with Crippen molar-refractivity contribution in [3.63, 3.8) is 0 Å². The van der Waals surface area contributed by atoms with Crippen LogP contribution in [-0.2, 0) is 4.79 Å². The van der Waals surface area contributed by atoms with Crippen LogP contribution >= 0.6 is 12.4 Å². The molecule has 1 saturated heterocycles. The summed E-state index contributed by atoms with van der Waals surface area (Å²) in [4.78, 5) is 12.5. The molecule has 1 atom stereocenters. The first kappa shape index (κ1) is 17.9. The summed E-state index contributed by atoms with van der Waals surface area (Å²) in [6, 6.07) is 5.52. The number of benzene rings is 1. The lowest BCUT2D eigenvalue weighted by Crippen LogP contribution is -2.31. The number of rotatable bonds is 5. The maximum absolute atomic E-state index is 12.5. The number of halogens is 1. The van der Waals surface area contributed by atoms with E-state index in [1.807, 2.05) is 25.1 Å². The van der Waals surface area contributed by atoms with Crippen LogP contribution in [0.4, 0.5) is 5.69 Å². The number of carbonyl (C=O) groups is 1. The summed E-state index contributed by atoms with van der Waals surface area (Å²) in [5, 5.41) is 6.39. The number of ether oxygens (including phenoxy) is 2. The molecule has 0 aromatic heterocycles. The van der Waals surface area contributed by atoms with E-state index in [-0.39, 0.29) is 29.6 Å². The Hall–Kier alpha value is -1.46. The highest BCUT2D eigenvalue weighted by molar-refractivity contribution is 5.95. The van der Waals surface area contributed by atoms with Gasteiger partial charge in [0.25, 0.3) is 0 Å². The van der Waals surface area contributed by atoms with E-state index in [0.29, 0.717) is 18.1 Å². The van der Waals surface area contributed by atoms with Gasteiger partial charge in [0, 0.05) is 17.7 Å². The molecule has 1 aromatic carbocycles. The highest BCUT2D eigenvalue weighted by Crippen LogP contribution is 2.58. The first-order valence-corrected chi connectivity index (χ1v) is 8.01. The summed E-state index contributed by atoms with van der Waals surface area (Å²) in [5.74, 6) is 1.64. The van der Waals surface area contributed by atoms with Gasteiger partial charge < -0.3 is 20.1 Å². The average molecular weight is 341 g/mol. The monoisotopic (exact) mass is 340 g/mol. The largest absolute Gasteiger partial charge is 0.493 e. The number of amides is 1. The first-order chi connectivity index (χ1) is 10.7. The normalized spacial score (nSPS) is 21.2. The fourth-order valence-electron chi connectivity index (χ4n) is 3.45. The van der Waals surface area contributed by atoms with E-state index < -0.39 is 0 Å². The highest BCUT2D eigenvalue weighted by Gasteiger charge is 2.57. The number of hydrogen-bond acceptors (Lipinski definition) is 4. The van der Waals surface area contributed by atoms with Gasteiger partial charge in [0.05, 0.1) is 13.7 Å². The van der Waals surface area contributed by atoms with Crippen LogP contribution in [0.3, 0.4) is 0 Å². The van der Waals surface area contributed by atoms with Crippen LogP contribution in [0.1, 0.15) is 26.2 Å². The summed E-state index contributed by atoms with van der Waals surface area (Å²) >= 11 is 0. The van der Waals surface area contributed by atoms with Crippen molar-refractivity contribution in [2.75, 3.05) is 32.1 Å². The van der Waals surface area contributed by atoms with Gasteiger partial charge in [0.15, 0.2) is 11.5 Å². The molecule has 1 spiro atoms. The molecular weight excluding hydrogens is 316 g/mol. The van der Waals surface area contributed by atoms with Gasteiger partial charge in [-0.25, -0.2) is 0 Å². The third-order valence-electron chi connectivity index (χ3n) is 4.84. The molecule has 5 nitrogen and oxygen atoms in total. The van der Waals surface area contributed by atoms with Crippen molar-refractivity contribution in [3.05, 3.63) is 18.2 Å². The fraction of sp³-hybridized carbons (Fsp3) is 0.588. The summed E-state index contributed by atoms with van der Waals surface area (Å²) in [6.07, 6.45) is 3.24. The smallest absolute Gasteiger partial charge is 0.228 e. The zero-order valence-corrected chi connectivity index (χ0v) is 14.5. The SMILES string of the molecule is CCOc1cc(NC(=O)C2CC23CCNCC3)ccc1OC.Cl. The van der Waals surface area contributed by atoms with E-state index >= 15 is 0 Å². The Balaban J connectivity index is 0.00000192. The van der Waals surface area contributed by atoms with E-state index in [1.165, 1.54) is 0 Å². The molecule has 0 bridgehead atoms. The Morgan fingerprint density at radius 3 is 2.74 bits per heavy atom. The molecule has 2 fully saturated rings. The van der Waals surface area contributed by atoms with Gasteiger partial charge in [-0.15, -0.1) is 12.4 Å². The third kappa shape index (κ3) is 3.72. The van der Waals surface area contributed by atoms with E-state index in [4.69, 9.17) is 9.47 Å². The predicted molar refractivity (Wildman–Crippen MR) is 92.7 cm³/mol. The van der Waals surface area contributed by atoms with Gasteiger partial charge in [-0.2, -0.15) is 0 Å². The number of anilines is 1. The molecule has 23 heavy (non-hydrogen) atoms. The van der Waals surface area contributed by atoms with Gasteiger partial charge in [0.2, 0.25) is 5.91 Å². The Morgan fingerprint density at radius 1 is 1.35 bits per heavy atom. The Morgan fingerprint density at radius 2 is 2.09 bits per heavy atom. The van der Waals surface area contributed by atoms with Crippen molar-refractivity contribution in [2.45, 2.75) is 26.2 Å². The average Bonchev–Trinajstić information content (AvgIpc) is 3.22. The lowest BCUT2D eigenvalue weighted by Gasteiger charge is -2.23. The standard InChI is InChI=1S/C17H24N2O3.ClH/c1-3-22-15-10-12(4-5-14(15)21-2)19-16(20)13-11-17(13)6-8-18-9-7-17;/h4-5,10,13,18H,3,6-9,11H2,1-2H3,(H,19,20);1H. The number of carbonyl (C=O) groups excluding carboxylic acids is 1. The zero-order valence-electron chi connectivity index (χ0n) is 13.7. The minimum atomic E-state index is 0. The molecule has 1 unspecified atom stereocenters. The zero-order chi connectivity index (χ0) is 15.6. The summed E-state index contributed by atoms with van der Waals surface area (Å²) in [5.41, 5.74) is 1.02. The highest BCUT2D eigenvalue weighted by atomic mass is 35.5. The van der Waals surface area contributed by atoms with Crippen LogP contribution in [0.5, 0.6) is 11.5 Å². The predicted octanol–water partition coefficient (Wildman–Crippen LogP) is 2.84. The van der Waals surface area contributed by atoms with Crippen molar-refractivity contribution < 1.29 is 14.3 Å². The number of hydrogen-bond donors (Lipinski definition) is 2. The second-order valence-corrected chi connectivity index (χ2v) is 6.16. The van der Waals surface area contributed by atoms with E-state index in [1.54, 1.807) is 7.11 Å². The fourth-order valence-corrected chi connectivity index (χ4v) is 3.45. The maximum atomic E-state index is 12.5. The van der Waals surface area contributed by atoms with Crippen molar-refractivity contribution in [1.29, 1.82) is 0 Å². The van der Waals surface area contributed by atoms with Crippen molar-refractivity contribution >= 4 is 24.0 Å². The van der Waals surface area contributed by atoms with Crippen LogP contribution in [0.25, 0.3) is 0 Å². The van der Waals surface area contributed by atoms with Crippen molar-refractivity contribution in [3.8, 4) is 11.5 Å². The Bertz CT molecular complexity index is 559. The minimum Gasteiger partial charge on any atom is -0.493 e. The number of piperidine rings is 1. The lowest BCUT2D eigenvalue weighted by atomic mass is 9.92. The topological polar surface area (TPSA) is 59.6 Å². The Labute approximate surface area is 143 Å². The van der Waals surface area contributed by atoms with Gasteiger partial charge in [0.1, 0.15) is 0 Å². The lowest BCUT2D eigenvalue weighted by molar-refractivity contribution is -0.118. The van der Waals surface area contributed by atoms with Gasteiger partial charge in [-0.05, 0) is 56.8 Å². The van der Waals surface area contributed by atoms with E-state index in [2.05, 4.69) is 10.6 Å². The Kier molecular flexibility index (Phi) is 5.76. The first-order valence-electron chi connectivity index (χ1n) is 8.01. The van der Waals surface area contributed by atoms with Gasteiger partial charge >= 0.3 is 0 Å². The summed E-state index contributed by atoms with van der Waals surface area (Å²) < 4.78 is 10.8. The molecule has 2 N–H and O–H groups in total. The van der Waals surface area contributed by atoms with Crippen LogP contribution < -0.4 is 20.1 Å². The van der Waals surface area contributed by atoms with Crippen LogP contribution in [0.2, 0.25) is 0 Å². The number of nitrogens with one attached hydrogen (secondary N) is 2. The van der Waals surface area contributed by atoms with Crippen LogP contribution in [0, 0.1) is 11.3 Å². The van der Waals surface area contributed by atoms with Crippen LogP contribution in [0.15, 0.2) is 18.2 Å². The minimum absolute atomic E-state index is 0. The summed E-state index contributed by atoms with van der Waals surface area (Å²) in [7, 11) is 1.61. The van der Waals surface area contributed by atoms with Gasteiger partial charge in [-0.1, -0.05) is 0 Å². The second-order valence-electron chi connectivity index (χ2n) is 6.16. The molecular formula is C17H25ClN2O3. The third-order valence-corrected chi connectivity index (χ3v) is 4.84. The van der Waals surface area contributed by atoms with Crippen LogP contribution in [-0.4, -0.2) is 32.7 Å². The molecule has 1 aliphatic carbocycles. The quantitative estimate of drug-likeness (QED) is 0.865. The molecule has 1 aliphatic heterocycles.